The fraction of sp³-hybridized carbons (Fsp3) is 0.231. The topological polar surface area (TPSA) is 46.9 Å². The van der Waals surface area contributed by atoms with Crippen LogP contribution in [0.1, 0.15) is 5.56 Å². The Morgan fingerprint density at radius 3 is 2.78 bits per heavy atom. The summed E-state index contributed by atoms with van der Waals surface area (Å²) in [5, 5.41) is 2.80. The van der Waals surface area contributed by atoms with Crippen molar-refractivity contribution < 1.29 is 9.18 Å². The van der Waals surface area contributed by atoms with Crippen LogP contribution in [0.25, 0.3) is 0 Å². The van der Waals surface area contributed by atoms with E-state index in [9.17, 15) is 9.18 Å². The van der Waals surface area contributed by atoms with Crippen LogP contribution in [0.5, 0.6) is 0 Å². The van der Waals surface area contributed by atoms with E-state index < -0.39 is 0 Å². The second kappa shape index (κ2) is 5.95. The SMILES string of the molecule is O=C(Cc1ccc(F)cc1)NCCn1ccnc1. The summed E-state index contributed by atoms with van der Waals surface area (Å²) in [5.74, 6) is -0.360. The summed E-state index contributed by atoms with van der Waals surface area (Å²) in [6.45, 7) is 1.24. The van der Waals surface area contributed by atoms with Gasteiger partial charge in [-0.3, -0.25) is 4.79 Å². The van der Waals surface area contributed by atoms with Crippen LogP contribution < -0.4 is 5.32 Å². The predicted octanol–water partition coefficient (Wildman–Crippen LogP) is 1.38. The Morgan fingerprint density at radius 2 is 2.11 bits per heavy atom. The van der Waals surface area contributed by atoms with Gasteiger partial charge in [-0.2, -0.15) is 0 Å². The monoisotopic (exact) mass is 247 g/mol. The summed E-state index contributed by atoms with van der Waals surface area (Å²) in [6.07, 6.45) is 5.50. The Hall–Kier alpha value is -2.17. The van der Waals surface area contributed by atoms with Crippen molar-refractivity contribution >= 4 is 5.91 Å². The van der Waals surface area contributed by atoms with Crippen LogP contribution in [0.2, 0.25) is 0 Å². The smallest absolute Gasteiger partial charge is 0.224 e. The van der Waals surface area contributed by atoms with Crippen molar-refractivity contribution in [2.75, 3.05) is 6.54 Å². The van der Waals surface area contributed by atoms with E-state index in [1.54, 1.807) is 24.7 Å². The van der Waals surface area contributed by atoms with Gasteiger partial charge in [-0.1, -0.05) is 12.1 Å². The van der Waals surface area contributed by atoms with E-state index in [1.165, 1.54) is 12.1 Å². The Bertz CT molecular complexity index is 493. The second-order valence-corrected chi connectivity index (χ2v) is 3.95. The molecule has 2 rings (SSSR count). The molecule has 0 bridgehead atoms. The van der Waals surface area contributed by atoms with E-state index in [1.807, 2.05) is 10.8 Å². The average Bonchev–Trinajstić information content (AvgIpc) is 2.85. The summed E-state index contributed by atoms with van der Waals surface area (Å²) in [4.78, 5) is 15.5. The maximum absolute atomic E-state index is 12.7. The van der Waals surface area contributed by atoms with Gasteiger partial charge in [-0.05, 0) is 17.7 Å². The van der Waals surface area contributed by atoms with Gasteiger partial charge in [-0.15, -0.1) is 0 Å². The van der Waals surface area contributed by atoms with Gasteiger partial charge in [0.15, 0.2) is 0 Å². The van der Waals surface area contributed by atoms with Crippen LogP contribution in [0.4, 0.5) is 4.39 Å². The van der Waals surface area contributed by atoms with Gasteiger partial charge in [0.25, 0.3) is 0 Å². The lowest BCUT2D eigenvalue weighted by molar-refractivity contribution is -0.120. The number of carbonyl (C=O) groups is 1. The lowest BCUT2D eigenvalue weighted by Crippen LogP contribution is -2.28. The van der Waals surface area contributed by atoms with Crippen molar-refractivity contribution in [3.63, 3.8) is 0 Å². The van der Waals surface area contributed by atoms with Crippen LogP contribution >= 0.6 is 0 Å². The number of nitrogens with zero attached hydrogens (tertiary/aromatic N) is 2. The van der Waals surface area contributed by atoms with Crippen molar-refractivity contribution in [1.29, 1.82) is 0 Å². The highest BCUT2D eigenvalue weighted by Gasteiger charge is 2.02. The summed E-state index contributed by atoms with van der Waals surface area (Å²) in [7, 11) is 0. The zero-order valence-electron chi connectivity index (χ0n) is 9.84. The quantitative estimate of drug-likeness (QED) is 0.867. The van der Waals surface area contributed by atoms with E-state index in [-0.39, 0.29) is 18.1 Å². The average molecular weight is 247 g/mol. The van der Waals surface area contributed by atoms with Crippen molar-refractivity contribution in [1.82, 2.24) is 14.9 Å². The molecule has 1 aromatic carbocycles. The highest BCUT2D eigenvalue weighted by Crippen LogP contribution is 2.03. The Labute approximate surface area is 104 Å². The van der Waals surface area contributed by atoms with Gasteiger partial charge in [0.2, 0.25) is 5.91 Å². The number of aromatic nitrogens is 2. The third-order valence-electron chi connectivity index (χ3n) is 2.53. The number of imidazole rings is 1. The molecule has 4 nitrogen and oxygen atoms in total. The summed E-state index contributed by atoms with van der Waals surface area (Å²) >= 11 is 0. The molecular formula is C13H14FN3O. The van der Waals surface area contributed by atoms with Crippen molar-refractivity contribution in [2.24, 2.45) is 0 Å². The largest absolute Gasteiger partial charge is 0.354 e. The van der Waals surface area contributed by atoms with Gasteiger partial charge in [-0.25, -0.2) is 9.37 Å². The molecule has 1 heterocycles. The number of carbonyl (C=O) groups excluding carboxylic acids is 1. The summed E-state index contributed by atoms with van der Waals surface area (Å²) < 4.78 is 14.6. The molecule has 0 saturated carbocycles. The van der Waals surface area contributed by atoms with E-state index in [2.05, 4.69) is 10.3 Å². The molecule has 5 heteroatoms. The Morgan fingerprint density at radius 1 is 1.33 bits per heavy atom. The minimum Gasteiger partial charge on any atom is -0.354 e. The molecule has 0 aliphatic carbocycles. The predicted molar refractivity (Wildman–Crippen MR) is 65.3 cm³/mol. The summed E-state index contributed by atoms with van der Waals surface area (Å²) in [5.41, 5.74) is 0.802. The first-order valence-corrected chi connectivity index (χ1v) is 5.71. The van der Waals surface area contributed by atoms with Gasteiger partial charge in [0, 0.05) is 25.5 Å². The molecule has 0 aliphatic rings. The van der Waals surface area contributed by atoms with Gasteiger partial charge < -0.3 is 9.88 Å². The number of nitrogens with one attached hydrogen (secondary N) is 1. The number of hydrogen-bond donors (Lipinski definition) is 1. The molecule has 0 aliphatic heterocycles. The van der Waals surface area contributed by atoms with Gasteiger partial charge >= 0.3 is 0 Å². The lowest BCUT2D eigenvalue weighted by atomic mass is 10.1. The van der Waals surface area contributed by atoms with E-state index in [0.717, 1.165) is 5.56 Å². The summed E-state index contributed by atoms with van der Waals surface area (Å²) in [6, 6.07) is 5.94. The van der Waals surface area contributed by atoms with Crippen molar-refractivity contribution in [3.8, 4) is 0 Å². The van der Waals surface area contributed by atoms with Crippen LogP contribution in [-0.2, 0) is 17.8 Å². The molecule has 18 heavy (non-hydrogen) atoms. The number of hydrogen-bond acceptors (Lipinski definition) is 2. The zero-order chi connectivity index (χ0) is 12.8. The molecule has 0 saturated heterocycles. The molecule has 1 N–H and O–H groups in total. The highest BCUT2D eigenvalue weighted by atomic mass is 19.1. The van der Waals surface area contributed by atoms with Crippen LogP contribution in [0.15, 0.2) is 43.0 Å². The molecule has 1 aromatic heterocycles. The maximum Gasteiger partial charge on any atom is 0.224 e. The van der Waals surface area contributed by atoms with Crippen LogP contribution in [0, 0.1) is 5.82 Å². The molecule has 0 unspecified atom stereocenters. The number of benzene rings is 1. The minimum atomic E-state index is -0.292. The minimum absolute atomic E-state index is 0.0678. The Kier molecular flexibility index (Phi) is 4.06. The van der Waals surface area contributed by atoms with Crippen molar-refractivity contribution in [2.45, 2.75) is 13.0 Å². The van der Waals surface area contributed by atoms with Crippen LogP contribution in [0.3, 0.4) is 0 Å². The van der Waals surface area contributed by atoms with Gasteiger partial charge in [0.1, 0.15) is 5.82 Å². The number of halogens is 1. The first-order chi connectivity index (χ1) is 8.74. The Balaban J connectivity index is 1.73. The van der Waals surface area contributed by atoms with Crippen LogP contribution in [-0.4, -0.2) is 22.0 Å². The number of rotatable bonds is 5. The van der Waals surface area contributed by atoms with E-state index in [0.29, 0.717) is 13.1 Å². The molecule has 0 spiro atoms. The molecule has 0 fully saturated rings. The molecular weight excluding hydrogens is 233 g/mol. The normalized spacial score (nSPS) is 10.3. The highest BCUT2D eigenvalue weighted by molar-refractivity contribution is 5.78. The van der Waals surface area contributed by atoms with E-state index >= 15 is 0 Å². The standard InChI is InChI=1S/C13H14FN3O/c14-12-3-1-11(2-4-12)9-13(18)16-6-8-17-7-5-15-10-17/h1-5,7,10H,6,8-9H2,(H,16,18). The maximum atomic E-state index is 12.7. The fourth-order valence-corrected chi connectivity index (χ4v) is 1.59. The third-order valence-corrected chi connectivity index (χ3v) is 2.53. The number of amides is 1. The molecule has 2 aromatic rings. The molecule has 94 valence electrons. The van der Waals surface area contributed by atoms with E-state index in [4.69, 9.17) is 0 Å². The third kappa shape index (κ3) is 3.69. The lowest BCUT2D eigenvalue weighted by Gasteiger charge is -2.05. The molecule has 0 radical (unpaired) electrons. The van der Waals surface area contributed by atoms with Gasteiger partial charge in [0.05, 0.1) is 12.7 Å². The first kappa shape index (κ1) is 12.3. The van der Waals surface area contributed by atoms with Crippen molar-refractivity contribution in [3.05, 3.63) is 54.4 Å². The molecule has 0 atom stereocenters. The second-order valence-electron chi connectivity index (χ2n) is 3.95. The fourth-order valence-electron chi connectivity index (χ4n) is 1.59. The zero-order valence-corrected chi connectivity index (χ0v) is 9.84. The first-order valence-electron chi connectivity index (χ1n) is 5.71. The molecule has 1 amide bonds.